The average molecular weight is 420 g/mol. The second kappa shape index (κ2) is 8.44. The minimum absolute atomic E-state index is 0.0596. The largest absolute Gasteiger partial charge is 0.490 e. The molecule has 3 aromatic rings. The van der Waals surface area contributed by atoms with Crippen LogP contribution >= 0.6 is 0 Å². The summed E-state index contributed by atoms with van der Waals surface area (Å²) in [5, 5.41) is 11.4. The van der Waals surface area contributed by atoms with Crippen molar-refractivity contribution in [1.82, 2.24) is 25.3 Å². The molecule has 1 N–H and O–H groups in total. The average Bonchev–Trinajstić information content (AvgIpc) is 3.29. The SMILES string of the molecule is Cc1cccc(-c2n[nH]nc2-c2ccc3c(c2)N(C(=O)CN2CCOCC2)CCO3)n1. The van der Waals surface area contributed by atoms with Crippen molar-refractivity contribution >= 4 is 11.6 Å². The van der Waals surface area contributed by atoms with Crippen LogP contribution in [0, 0.1) is 6.92 Å². The third-order valence-corrected chi connectivity index (χ3v) is 5.54. The standard InChI is InChI=1S/C22H24N6O3/c1-15-3-2-4-17(23-15)22-21(24-26-25-22)16-5-6-19-18(13-16)28(9-12-31-19)20(29)14-27-7-10-30-11-8-27/h2-6,13H,7-12,14H2,1H3,(H,24,25,26). The summed E-state index contributed by atoms with van der Waals surface area (Å²) in [4.78, 5) is 21.6. The van der Waals surface area contributed by atoms with E-state index in [9.17, 15) is 4.79 Å². The van der Waals surface area contributed by atoms with Crippen LogP contribution in [0.4, 0.5) is 5.69 Å². The second-order valence-electron chi connectivity index (χ2n) is 7.65. The molecule has 0 radical (unpaired) electrons. The number of amides is 1. The van der Waals surface area contributed by atoms with Gasteiger partial charge in [0.05, 0.1) is 37.7 Å². The van der Waals surface area contributed by atoms with Gasteiger partial charge in [0, 0.05) is 24.3 Å². The highest BCUT2D eigenvalue weighted by Gasteiger charge is 2.27. The van der Waals surface area contributed by atoms with Gasteiger partial charge in [-0.1, -0.05) is 6.07 Å². The van der Waals surface area contributed by atoms with Gasteiger partial charge >= 0.3 is 0 Å². The smallest absolute Gasteiger partial charge is 0.241 e. The predicted molar refractivity (Wildman–Crippen MR) is 115 cm³/mol. The lowest BCUT2D eigenvalue weighted by atomic mass is 10.1. The van der Waals surface area contributed by atoms with E-state index in [4.69, 9.17) is 9.47 Å². The monoisotopic (exact) mass is 420 g/mol. The number of anilines is 1. The normalized spacial score (nSPS) is 16.6. The minimum atomic E-state index is 0.0596. The Kier molecular flexibility index (Phi) is 5.35. The van der Waals surface area contributed by atoms with Gasteiger partial charge in [-0.2, -0.15) is 15.4 Å². The van der Waals surface area contributed by atoms with Crippen LogP contribution in [0.2, 0.25) is 0 Å². The van der Waals surface area contributed by atoms with E-state index in [1.54, 1.807) is 0 Å². The van der Waals surface area contributed by atoms with Gasteiger partial charge in [0.1, 0.15) is 23.7 Å². The van der Waals surface area contributed by atoms with E-state index in [0.717, 1.165) is 35.7 Å². The Bertz CT molecular complexity index is 1090. The van der Waals surface area contributed by atoms with Gasteiger partial charge in [0.2, 0.25) is 5.91 Å². The first-order valence-electron chi connectivity index (χ1n) is 10.4. The number of rotatable bonds is 4. The summed E-state index contributed by atoms with van der Waals surface area (Å²) in [7, 11) is 0. The maximum atomic E-state index is 13.1. The summed E-state index contributed by atoms with van der Waals surface area (Å²) in [5.74, 6) is 0.758. The Labute approximate surface area is 180 Å². The summed E-state index contributed by atoms with van der Waals surface area (Å²) < 4.78 is 11.2. The number of benzene rings is 1. The lowest BCUT2D eigenvalue weighted by molar-refractivity contribution is -0.121. The van der Waals surface area contributed by atoms with Gasteiger partial charge in [0.15, 0.2) is 0 Å². The van der Waals surface area contributed by atoms with Crippen LogP contribution in [0.5, 0.6) is 5.75 Å². The van der Waals surface area contributed by atoms with Crippen LogP contribution in [0.1, 0.15) is 5.69 Å². The molecule has 31 heavy (non-hydrogen) atoms. The van der Waals surface area contributed by atoms with Crippen LogP contribution in [-0.2, 0) is 9.53 Å². The summed E-state index contributed by atoms with van der Waals surface area (Å²) in [5.41, 5.74) is 4.62. The number of carbonyl (C=O) groups is 1. The third-order valence-electron chi connectivity index (χ3n) is 5.54. The van der Waals surface area contributed by atoms with E-state index in [1.807, 2.05) is 48.2 Å². The number of morpholine rings is 1. The number of fused-ring (bicyclic) bond motifs is 1. The lowest BCUT2D eigenvalue weighted by Crippen LogP contribution is -2.47. The van der Waals surface area contributed by atoms with Gasteiger partial charge in [-0.15, -0.1) is 0 Å². The highest BCUT2D eigenvalue weighted by Crippen LogP contribution is 2.37. The van der Waals surface area contributed by atoms with Crippen molar-refractivity contribution in [3.63, 3.8) is 0 Å². The van der Waals surface area contributed by atoms with E-state index in [0.29, 0.717) is 50.0 Å². The van der Waals surface area contributed by atoms with Crippen LogP contribution < -0.4 is 9.64 Å². The molecule has 0 aliphatic carbocycles. The molecule has 9 heteroatoms. The molecule has 4 heterocycles. The Morgan fingerprint density at radius 2 is 1.90 bits per heavy atom. The Morgan fingerprint density at radius 3 is 2.74 bits per heavy atom. The number of aromatic amines is 1. The van der Waals surface area contributed by atoms with Gasteiger partial charge in [-0.25, -0.2) is 0 Å². The first-order valence-corrected chi connectivity index (χ1v) is 10.4. The van der Waals surface area contributed by atoms with Crippen LogP contribution in [0.3, 0.4) is 0 Å². The number of ether oxygens (including phenoxy) is 2. The molecule has 9 nitrogen and oxygen atoms in total. The van der Waals surface area contributed by atoms with E-state index in [2.05, 4.69) is 25.3 Å². The molecule has 0 spiro atoms. The Morgan fingerprint density at radius 1 is 1.06 bits per heavy atom. The maximum Gasteiger partial charge on any atom is 0.241 e. The van der Waals surface area contributed by atoms with Gasteiger partial charge in [-0.05, 0) is 37.3 Å². The predicted octanol–water partition coefficient (Wildman–Crippen LogP) is 1.90. The zero-order valence-corrected chi connectivity index (χ0v) is 17.4. The number of hydrogen-bond donors (Lipinski definition) is 1. The number of H-pyrrole nitrogens is 1. The molecular formula is C22H24N6O3. The molecule has 1 aromatic carbocycles. The van der Waals surface area contributed by atoms with Crippen LogP contribution in [0.25, 0.3) is 22.6 Å². The lowest BCUT2D eigenvalue weighted by Gasteiger charge is -2.33. The fraction of sp³-hybridized carbons (Fsp3) is 0.364. The molecule has 1 saturated heterocycles. The molecule has 2 aromatic heterocycles. The van der Waals surface area contributed by atoms with Gasteiger partial charge in [0.25, 0.3) is 0 Å². The van der Waals surface area contributed by atoms with Crippen molar-refractivity contribution < 1.29 is 14.3 Å². The molecule has 1 fully saturated rings. The third kappa shape index (κ3) is 4.01. The van der Waals surface area contributed by atoms with Crippen molar-refractivity contribution in [3.05, 3.63) is 42.1 Å². The summed E-state index contributed by atoms with van der Waals surface area (Å²) >= 11 is 0. The quantitative estimate of drug-likeness (QED) is 0.689. The maximum absolute atomic E-state index is 13.1. The number of carbonyl (C=O) groups excluding carboxylic acids is 1. The zero-order valence-electron chi connectivity index (χ0n) is 17.4. The molecule has 2 aliphatic heterocycles. The Balaban J connectivity index is 1.45. The second-order valence-corrected chi connectivity index (χ2v) is 7.65. The molecular weight excluding hydrogens is 396 g/mol. The molecule has 0 saturated carbocycles. The number of aryl methyl sites for hydroxylation is 1. The topological polar surface area (TPSA) is 96.5 Å². The number of nitrogens with one attached hydrogen (secondary N) is 1. The minimum Gasteiger partial charge on any atom is -0.490 e. The highest BCUT2D eigenvalue weighted by molar-refractivity contribution is 5.97. The van der Waals surface area contributed by atoms with Crippen molar-refractivity contribution in [2.75, 3.05) is 50.9 Å². The van der Waals surface area contributed by atoms with Crippen molar-refractivity contribution in [2.24, 2.45) is 0 Å². The van der Waals surface area contributed by atoms with E-state index < -0.39 is 0 Å². The van der Waals surface area contributed by atoms with E-state index in [1.165, 1.54) is 0 Å². The Hall–Kier alpha value is -3.30. The molecule has 160 valence electrons. The number of pyridine rings is 1. The number of nitrogens with zero attached hydrogens (tertiary/aromatic N) is 5. The molecule has 0 unspecified atom stereocenters. The van der Waals surface area contributed by atoms with E-state index in [-0.39, 0.29) is 5.91 Å². The number of aromatic nitrogens is 4. The summed E-state index contributed by atoms with van der Waals surface area (Å²) in [6.45, 7) is 6.18. The van der Waals surface area contributed by atoms with Crippen LogP contribution in [0.15, 0.2) is 36.4 Å². The summed E-state index contributed by atoms with van der Waals surface area (Å²) in [6.07, 6.45) is 0. The molecule has 2 aliphatic rings. The molecule has 5 rings (SSSR count). The van der Waals surface area contributed by atoms with E-state index >= 15 is 0 Å². The van der Waals surface area contributed by atoms with Crippen molar-refractivity contribution in [2.45, 2.75) is 6.92 Å². The first-order chi connectivity index (χ1) is 15.2. The van der Waals surface area contributed by atoms with Crippen molar-refractivity contribution in [3.8, 4) is 28.4 Å². The molecule has 1 amide bonds. The fourth-order valence-corrected chi connectivity index (χ4v) is 3.95. The van der Waals surface area contributed by atoms with Crippen molar-refractivity contribution in [1.29, 1.82) is 0 Å². The molecule has 0 bridgehead atoms. The van der Waals surface area contributed by atoms with Gasteiger partial charge in [-0.3, -0.25) is 14.7 Å². The van der Waals surface area contributed by atoms with Gasteiger partial charge < -0.3 is 14.4 Å². The fourth-order valence-electron chi connectivity index (χ4n) is 3.95. The van der Waals surface area contributed by atoms with Crippen LogP contribution in [-0.4, -0.2) is 77.2 Å². The first kappa shape index (κ1) is 19.7. The highest BCUT2D eigenvalue weighted by atomic mass is 16.5. The number of hydrogen-bond acceptors (Lipinski definition) is 7. The zero-order chi connectivity index (χ0) is 21.2. The summed E-state index contributed by atoms with van der Waals surface area (Å²) in [6, 6.07) is 11.6. The molecule has 0 atom stereocenters.